The number of benzene rings is 2. The molecular weight excluding hydrogens is 366 g/mol. The molecule has 146 valence electrons. The molecule has 0 spiro atoms. The van der Waals surface area contributed by atoms with Gasteiger partial charge in [-0.05, 0) is 48.9 Å². The van der Waals surface area contributed by atoms with E-state index >= 15 is 0 Å². The Bertz CT molecular complexity index is 887. The summed E-state index contributed by atoms with van der Waals surface area (Å²) in [6.45, 7) is 0.893. The maximum Gasteiger partial charge on any atom is 0.343 e. The van der Waals surface area contributed by atoms with Gasteiger partial charge in [-0.2, -0.15) is 0 Å². The van der Waals surface area contributed by atoms with E-state index < -0.39 is 30.4 Å². The third-order valence-electron chi connectivity index (χ3n) is 3.64. The number of guanidine groups is 1. The normalized spacial score (nSPS) is 11.2. The van der Waals surface area contributed by atoms with Crippen LogP contribution in [0.4, 0.5) is 5.69 Å². The number of hydrogen-bond donors (Lipinski definition) is 3. The lowest BCUT2D eigenvalue weighted by Gasteiger charge is -2.11. The Labute approximate surface area is 160 Å². The molecule has 0 radical (unpaired) electrons. The molecule has 9 heteroatoms. The highest BCUT2D eigenvalue weighted by Crippen LogP contribution is 2.21. The first-order valence-electron chi connectivity index (χ1n) is 8.16. The first kappa shape index (κ1) is 20.4. The van der Waals surface area contributed by atoms with Crippen molar-refractivity contribution in [3.63, 3.8) is 0 Å². The highest BCUT2D eigenvalue weighted by molar-refractivity contribution is 5.91. The Morgan fingerprint density at radius 2 is 1.64 bits per heavy atom. The fourth-order valence-electron chi connectivity index (χ4n) is 2.21. The van der Waals surface area contributed by atoms with Gasteiger partial charge in [-0.1, -0.05) is 12.1 Å². The van der Waals surface area contributed by atoms with E-state index in [9.17, 15) is 14.4 Å². The number of aliphatic carboxylic acids is 1. The van der Waals surface area contributed by atoms with Crippen molar-refractivity contribution in [2.24, 2.45) is 16.5 Å². The molecule has 0 fully saturated rings. The summed E-state index contributed by atoms with van der Waals surface area (Å²) in [7, 11) is 0. The molecule has 0 aromatic heterocycles. The molecule has 2 aromatic carbocycles. The van der Waals surface area contributed by atoms with E-state index in [1.165, 1.54) is 24.3 Å². The largest absolute Gasteiger partial charge is 0.479 e. The Kier molecular flexibility index (Phi) is 6.69. The maximum absolute atomic E-state index is 12.2. The summed E-state index contributed by atoms with van der Waals surface area (Å²) in [6, 6.07) is 12.4. The zero-order chi connectivity index (χ0) is 20.7. The van der Waals surface area contributed by atoms with Crippen LogP contribution in [0.25, 0.3) is 0 Å². The quantitative estimate of drug-likeness (QED) is 0.281. The van der Waals surface area contributed by atoms with Crippen LogP contribution >= 0.6 is 0 Å². The summed E-state index contributed by atoms with van der Waals surface area (Å²) in [6.07, 6.45) is 0. The number of ether oxygens (including phenoxy) is 2. The number of nitrogens with zero attached hydrogens (tertiary/aromatic N) is 1. The predicted octanol–water partition coefficient (Wildman–Crippen LogP) is 1.54. The van der Waals surface area contributed by atoms with Gasteiger partial charge in [-0.25, -0.2) is 14.6 Å². The van der Waals surface area contributed by atoms with Gasteiger partial charge in [0.15, 0.2) is 12.6 Å². The van der Waals surface area contributed by atoms with Crippen molar-refractivity contribution >= 4 is 29.6 Å². The van der Waals surface area contributed by atoms with Crippen LogP contribution in [0.1, 0.15) is 28.8 Å². The summed E-state index contributed by atoms with van der Waals surface area (Å²) in [5, 5.41) is 8.54. The Balaban J connectivity index is 1.99. The molecule has 0 aliphatic carbocycles. The number of carbonyl (C=O) groups excluding carboxylic acids is 2. The smallest absolute Gasteiger partial charge is 0.343 e. The van der Waals surface area contributed by atoms with Crippen molar-refractivity contribution in [2.45, 2.75) is 12.8 Å². The number of rotatable bonds is 7. The van der Waals surface area contributed by atoms with Gasteiger partial charge in [-0.3, -0.25) is 4.79 Å². The van der Waals surface area contributed by atoms with Gasteiger partial charge in [0.1, 0.15) is 5.75 Å². The molecule has 5 N–H and O–H groups in total. The second kappa shape index (κ2) is 9.17. The molecule has 1 atom stereocenters. The number of aliphatic imine (C=N–C) groups is 1. The van der Waals surface area contributed by atoms with Gasteiger partial charge in [0.2, 0.25) is 0 Å². The molecular formula is C19H19N3O6. The predicted molar refractivity (Wildman–Crippen MR) is 100 cm³/mol. The third-order valence-corrected chi connectivity index (χ3v) is 3.64. The van der Waals surface area contributed by atoms with Crippen LogP contribution in [0, 0.1) is 0 Å². The van der Waals surface area contributed by atoms with Gasteiger partial charge in [0, 0.05) is 0 Å². The maximum atomic E-state index is 12.2. The molecule has 0 bridgehead atoms. The topological polar surface area (TPSA) is 154 Å². The van der Waals surface area contributed by atoms with Crippen molar-refractivity contribution in [2.75, 3.05) is 6.61 Å². The number of esters is 2. The van der Waals surface area contributed by atoms with Crippen molar-refractivity contribution in [1.29, 1.82) is 0 Å². The lowest BCUT2D eigenvalue weighted by atomic mass is 10.0. The fourth-order valence-corrected chi connectivity index (χ4v) is 2.21. The zero-order valence-corrected chi connectivity index (χ0v) is 15.0. The Morgan fingerprint density at radius 1 is 1.04 bits per heavy atom. The number of hydrogen-bond acceptors (Lipinski definition) is 6. The van der Waals surface area contributed by atoms with E-state index in [-0.39, 0.29) is 11.7 Å². The standard InChI is InChI=1S/C19H19N3O6/c1-11(17(25)27-10-16(23)24)12-4-8-15(9-5-12)28-18(26)13-2-6-14(7-3-13)22-19(20)21/h2-9,11H,10H2,1H3,(H,23,24)(H4,20,21,22)/t11-/m0/s1. The second-order valence-electron chi connectivity index (χ2n) is 5.77. The van der Waals surface area contributed by atoms with Crippen molar-refractivity contribution in [1.82, 2.24) is 0 Å². The Morgan fingerprint density at radius 3 is 2.18 bits per heavy atom. The van der Waals surface area contributed by atoms with Crippen molar-refractivity contribution in [3.8, 4) is 5.75 Å². The Hall–Kier alpha value is -3.88. The van der Waals surface area contributed by atoms with Gasteiger partial charge < -0.3 is 26.0 Å². The summed E-state index contributed by atoms with van der Waals surface area (Å²) in [4.78, 5) is 38.3. The highest BCUT2D eigenvalue weighted by atomic mass is 16.6. The van der Waals surface area contributed by atoms with Crippen LogP contribution in [0.3, 0.4) is 0 Å². The fraction of sp³-hybridized carbons (Fsp3) is 0.158. The van der Waals surface area contributed by atoms with E-state index in [0.717, 1.165) is 0 Å². The SMILES string of the molecule is C[C@H](C(=O)OCC(=O)O)c1ccc(OC(=O)c2ccc(N=C(N)N)cc2)cc1. The van der Waals surface area contributed by atoms with Crippen LogP contribution in [0.15, 0.2) is 53.5 Å². The number of carboxylic acids is 1. The minimum Gasteiger partial charge on any atom is -0.479 e. The molecule has 0 saturated carbocycles. The summed E-state index contributed by atoms with van der Waals surface area (Å²) in [5.41, 5.74) is 12.0. The average Bonchev–Trinajstić information content (AvgIpc) is 2.66. The minimum atomic E-state index is -1.23. The molecule has 0 amide bonds. The minimum absolute atomic E-state index is 0.0866. The molecule has 9 nitrogen and oxygen atoms in total. The average molecular weight is 385 g/mol. The summed E-state index contributed by atoms with van der Waals surface area (Å²) >= 11 is 0. The van der Waals surface area contributed by atoms with Gasteiger partial charge in [0.05, 0.1) is 17.2 Å². The van der Waals surface area contributed by atoms with Crippen LogP contribution in [0.5, 0.6) is 5.75 Å². The lowest BCUT2D eigenvalue weighted by molar-refractivity contribution is -0.155. The van der Waals surface area contributed by atoms with Crippen molar-refractivity contribution < 1.29 is 29.0 Å². The highest BCUT2D eigenvalue weighted by Gasteiger charge is 2.18. The van der Waals surface area contributed by atoms with Gasteiger partial charge in [0.25, 0.3) is 0 Å². The molecule has 0 saturated heterocycles. The van der Waals surface area contributed by atoms with E-state index in [1.807, 2.05) is 0 Å². The molecule has 2 aromatic rings. The zero-order valence-electron chi connectivity index (χ0n) is 15.0. The van der Waals surface area contributed by atoms with Crippen LogP contribution in [0.2, 0.25) is 0 Å². The monoisotopic (exact) mass is 385 g/mol. The molecule has 2 rings (SSSR count). The number of nitrogens with two attached hydrogens (primary N) is 2. The summed E-state index contributed by atoms with van der Waals surface area (Å²) < 4.78 is 9.93. The van der Waals surface area contributed by atoms with E-state index in [2.05, 4.69) is 9.73 Å². The molecule has 0 aliphatic rings. The molecule has 0 unspecified atom stereocenters. The van der Waals surface area contributed by atoms with Crippen LogP contribution in [-0.4, -0.2) is 35.6 Å². The van der Waals surface area contributed by atoms with Crippen LogP contribution in [-0.2, 0) is 14.3 Å². The molecule has 0 heterocycles. The lowest BCUT2D eigenvalue weighted by Crippen LogP contribution is -2.21. The van der Waals surface area contributed by atoms with Gasteiger partial charge >= 0.3 is 17.9 Å². The first-order valence-corrected chi connectivity index (χ1v) is 8.16. The first-order chi connectivity index (χ1) is 13.3. The second-order valence-corrected chi connectivity index (χ2v) is 5.77. The molecule has 0 aliphatic heterocycles. The van der Waals surface area contributed by atoms with Gasteiger partial charge in [-0.15, -0.1) is 0 Å². The number of carboxylic acid groups (broad SMARTS) is 1. The third kappa shape index (κ3) is 5.84. The van der Waals surface area contributed by atoms with Crippen molar-refractivity contribution in [3.05, 3.63) is 59.7 Å². The van der Waals surface area contributed by atoms with E-state index in [0.29, 0.717) is 16.8 Å². The summed E-state index contributed by atoms with van der Waals surface area (Å²) in [5.74, 6) is -2.92. The van der Waals surface area contributed by atoms with Crippen LogP contribution < -0.4 is 16.2 Å². The van der Waals surface area contributed by atoms with E-state index in [1.54, 1.807) is 31.2 Å². The van der Waals surface area contributed by atoms with E-state index in [4.69, 9.17) is 21.3 Å². The number of carbonyl (C=O) groups is 3. The molecule has 28 heavy (non-hydrogen) atoms.